The standard InChI is InChI=1S/C12H22O3/c1-3-12(4-2,9-11(13)14)10-5-7-15-8-6-10/h10H,3-9H2,1-2H3,(H,13,14). The normalized spacial score (nSPS) is 19.1. The van der Waals surface area contributed by atoms with Gasteiger partial charge in [-0.1, -0.05) is 13.8 Å². The number of hydrogen-bond donors (Lipinski definition) is 1. The highest BCUT2D eigenvalue weighted by molar-refractivity contribution is 5.67. The molecule has 1 rings (SSSR count). The van der Waals surface area contributed by atoms with Crippen LogP contribution >= 0.6 is 0 Å². The molecule has 15 heavy (non-hydrogen) atoms. The van der Waals surface area contributed by atoms with Crippen molar-refractivity contribution in [1.82, 2.24) is 0 Å². The van der Waals surface area contributed by atoms with Crippen LogP contribution in [0, 0.1) is 11.3 Å². The summed E-state index contributed by atoms with van der Waals surface area (Å²) in [4.78, 5) is 10.9. The molecule has 3 heteroatoms. The highest BCUT2D eigenvalue weighted by atomic mass is 16.5. The van der Waals surface area contributed by atoms with Crippen molar-refractivity contribution in [2.45, 2.75) is 46.0 Å². The third-order valence-corrected chi connectivity index (χ3v) is 4.00. The predicted molar refractivity (Wildman–Crippen MR) is 58.8 cm³/mol. The average molecular weight is 214 g/mol. The largest absolute Gasteiger partial charge is 0.481 e. The van der Waals surface area contributed by atoms with E-state index >= 15 is 0 Å². The lowest BCUT2D eigenvalue weighted by atomic mass is 9.66. The lowest BCUT2D eigenvalue weighted by Gasteiger charge is -2.40. The van der Waals surface area contributed by atoms with Crippen LogP contribution in [0.15, 0.2) is 0 Å². The summed E-state index contributed by atoms with van der Waals surface area (Å²) in [6.07, 6.45) is 4.27. The van der Waals surface area contributed by atoms with Crippen molar-refractivity contribution in [2.24, 2.45) is 11.3 Å². The molecule has 88 valence electrons. The molecule has 1 fully saturated rings. The minimum atomic E-state index is -0.662. The second-order valence-electron chi connectivity index (χ2n) is 4.53. The fraction of sp³-hybridized carbons (Fsp3) is 0.917. The van der Waals surface area contributed by atoms with Gasteiger partial charge in [-0.3, -0.25) is 4.79 Å². The Kier molecular flexibility index (Phi) is 4.58. The van der Waals surface area contributed by atoms with Gasteiger partial charge in [-0.25, -0.2) is 0 Å². The fourth-order valence-electron chi connectivity index (χ4n) is 2.83. The number of ether oxygens (including phenoxy) is 1. The zero-order valence-corrected chi connectivity index (χ0v) is 9.79. The highest BCUT2D eigenvalue weighted by Gasteiger charge is 2.38. The van der Waals surface area contributed by atoms with E-state index in [1.54, 1.807) is 0 Å². The molecule has 0 aromatic rings. The molecule has 0 spiro atoms. The molecule has 0 aliphatic carbocycles. The molecule has 1 aliphatic heterocycles. The molecule has 0 saturated carbocycles. The van der Waals surface area contributed by atoms with E-state index in [0.29, 0.717) is 12.3 Å². The Morgan fingerprint density at radius 2 is 1.87 bits per heavy atom. The highest BCUT2D eigenvalue weighted by Crippen LogP contribution is 2.43. The Bertz CT molecular complexity index is 203. The van der Waals surface area contributed by atoms with Gasteiger partial charge in [0.15, 0.2) is 0 Å². The van der Waals surface area contributed by atoms with E-state index in [-0.39, 0.29) is 5.41 Å². The predicted octanol–water partition coefficient (Wildman–Crippen LogP) is 2.69. The first-order chi connectivity index (χ1) is 7.14. The Morgan fingerprint density at radius 1 is 1.33 bits per heavy atom. The monoisotopic (exact) mass is 214 g/mol. The van der Waals surface area contributed by atoms with E-state index in [2.05, 4.69) is 13.8 Å². The summed E-state index contributed by atoms with van der Waals surface area (Å²) in [5.74, 6) is -0.137. The van der Waals surface area contributed by atoms with Crippen LogP contribution in [0.4, 0.5) is 0 Å². The Morgan fingerprint density at radius 3 is 2.27 bits per heavy atom. The first-order valence-electron chi connectivity index (χ1n) is 5.94. The Balaban J connectivity index is 2.72. The van der Waals surface area contributed by atoms with E-state index in [9.17, 15) is 4.79 Å². The van der Waals surface area contributed by atoms with Gasteiger partial charge in [0.2, 0.25) is 0 Å². The maximum absolute atomic E-state index is 10.9. The van der Waals surface area contributed by atoms with Crippen molar-refractivity contribution in [3.63, 3.8) is 0 Å². The second kappa shape index (κ2) is 5.50. The van der Waals surface area contributed by atoms with Crippen molar-refractivity contribution < 1.29 is 14.6 Å². The summed E-state index contributed by atoms with van der Waals surface area (Å²) in [6, 6.07) is 0. The molecule has 0 aromatic heterocycles. The van der Waals surface area contributed by atoms with Crippen LogP contribution in [-0.2, 0) is 9.53 Å². The van der Waals surface area contributed by atoms with Crippen LogP contribution < -0.4 is 0 Å². The van der Waals surface area contributed by atoms with E-state index in [1.165, 1.54) is 0 Å². The maximum Gasteiger partial charge on any atom is 0.303 e. The SMILES string of the molecule is CCC(CC)(CC(=O)O)C1CCOCC1. The summed E-state index contributed by atoms with van der Waals surface area (Å²) >= 11 is 0. The molecule has 3 nitrogen and oxygen atoms in total. The number of carbonyl (C=O) groups is 1. The molecular formula is C12H22O3. The number of rotatable bonds is 5. The first-order valence-corrected chi connectivity index (χ1v) is 5.94. The summed E-state index contributed by atoms with van der Waals surface area (Å²) in [5, 5.41) is 9.01. The molecule has 0 atom stereocenters. The van der Waals surface area contributed by atoms with E-state index in [0.717, 1.165) is 38.9 Å². The Hall–Kier alpha value is -0.570. The van der Waals surface area contributed by atoms with E-state index in [4.69, 9.17) is 9.84 Å². The average Bonchev–Trinajstić information content (AvgIpc) is 2.27. The number of aliphatic carboxylic acids is 1. The van der Waals surface area contributed by atoms with Crippen LogP contribution in [0.5, 0.6) is 0 Å². The van der Waals surface area contributed by atoms with Crippen molar-refractivity contribution in [1.29, 1.82) is 0 Å². The summed E-state index contributed by atoms with van der Waals surface area (Å²) in [6.45, 7) is 5.82. The lowest BCUT2D eigenvalue weighted by Crippen LogP contribution is -2.35. The molecule has 0 unspecified atom stereocenters. The zero-order chi connectivity index (χ0) is 11.3. The van der Waals surface area contributed by atoms with Gasteiger partial charge in [-0.05, 0) is 37.0 Å². The van der Waals surface area contributed by atoms with Gasteiger partial charge in [0.1, 0.15) is 0 Å². The summed E-state index contributed by atoms with van der Waals surface area (Å²) in [7, 11) is 0. The van der Waals surface area contributed by atoms with Crippen LogP contribution in [0.3, 0.4) is 0 Å². The van der Waals surface area contributed by atoms with Gasteiger partial charge in [-0.2, -0.15) is 0 Å². The van der Waals surface area contributed by atoms with Crippen molar-refractivity contribution in [3.8, 4) is 0 Å². The number of carboxylic acids is 1. The quantitative estimate of drug-likeness (QED) is 0.765. The number of hydrogen-bond acceptors (Lipinski definition) is 2. The minimum absolute atomic E-state index is 0.00435. The van der Waals surface area contributed by atoms with Crippen molar-refractivity contribution in [2.75, 3.05) is 13.2 Å². The molecule has 0 amide bonds. The van der Waals surface area contributed by atoms with Crippen molar-refractivity contribution >= 4 is 5.97 Å². The topological polar surface area (TPSA) is 46.5 Å². The van der Waals surface area contributed by atoms with Gasteiger partial charge in [-0.15, -0.1) is 0 Å². The van der Waals surface area contributed by atoms with E-state index < -0.39 is 5.97 Å². The molecule has 1 aliphatic rings. The third-order valence-electron chi connectivity index (χ3n) is 4.00. The minimum Gasteiger partial charge on any atom is -0.481 e. The van der Waals surface area contributed by atoms with Crippen LogP contribution in [-0.4, -0.2) is 24.3 Å². The van der Waals surface area contributed by atoms with Crippen LogP contribution in [0.1, 0.15) is 46.0 Å². The van der Waals surface area contributed by atoms with E-state index in [1.807, 2.05) is 0 Å². The zero-order valence-electron chi connectivity index (χ0n) is 9.79. The lowest BCUT2D eigenvalue weighted by molar-refractivity contribution is -0.142. The third kappa shape index (κ3) is 2.94. The fourth-order valence-corrected chi connectivity index (χ4v) is 2.83. The van der Waals surface area contributed by atoms with Gasteiger partial charge in [0, 0.05) is 13.2 Å². The molecule has 0 bridgehead atoms. The van der Waals surface area contributed by atoms with Gasteiger partial charge >= 0.3 is 5.97 Å². The second-order valence-corrected chi connectivity index (χ2v) is 4.53. The summed E-state index contributed by atoms with van der Waals surface area (Å²) in [5.41, 5.74) is -0.00435. The van der Waals surface area contributed by atoms with Crippen LogP contribution in [0.25, 0.3) is 0 Å². The first kappa shape index (κ1) is 12.5. The molecule has 0 aromatic carbocycles. The maximum atomic E-state index is 10.9. The molecule has 1 N–H and O–H groups in total. The smallest absolute Gasteiger partial charge is 0.303 e. The van der Waals surface area contributed by atoms with Crippen molar-refractivity contribution in [3.05, 3.63) is 0 Å². The summed E-state index contributed by atoms with van der Waals surface area (Å²) < 4.78 is 5.34. The molecule has 1 heterocycles. The van der Waals surface area contributed by atoms with Gasteiger partial charge in [0.05, 0.1) is 6.42 Å². The van der Waals surface area contributed by atoms with Gasteiger partial charge < -0.3 is 9.84 Å². The number of carboxylic acid groups (broad SMARTS) is 1. The molecule has 0 radical (unpaired) electrons. The molecule has 1 saturated heterocycles. The van der Waals surface area contributed by atoms with Crippen LogP contribution in [0.2, 0.25) is 0 Å². The Labute approximate surface area is 91.8 Å². The molecular weight excluding hydrogens is 192 g/mol. The van der Waals surface area contributed by atoms with Gasteiger partial charge in [0.25, 0.3) is 0 Å².